The molecule has 0 aliphatic carbocycles. The van der Waals surface area contributed by atoms with E-state index in [0.29, 0.717) is 0 Å². The number of anilines is 1. The molecule has 2 aromatic rings. The van der Waals surface area contributed by atoms with Crippen molar-refractivity contribution in [2.45, 2.75) is 39.7 Å². The van der Waals surface area contributed by atoms with Gasteiger partial charge in [-0.2, -0.15) is 5.26 Å². The molecule has 0 atom stereocenters. The average molecular weight is 278 g/mol. The summed E-state index contributed by atoms with van der Waals surface area (Å²) < 4.78 is 0. The minimum atomic E-state index is -0.438. The van der Waals surface area contributed by atoms with Crippen molar-refractivity contribution in [3.8, 4) is 6.07 Å². The fourth-order valence-electron chi connectivity index (χ4n) is 2.19. The second kappa shape index (κ2) is 6.01. The van der Waals surface area contributed by atoms with Gasteiger partial charge in [-0.15, -0.1) is 0 Å². The Morgan fingerprint density at radius 1 is 1.00 bits per heavy atom. The Labute approximate surface area is 127 Å². The van der Waals surface area contributed by atoms with E-state index in [-0.39, 0.29) is 0 Å². The zero-order valence-corrected chi connectivity index (χ0v) is 13.2. The predicted molar refractivity (Wildman–Crippen MR) is 88.3 cm³/mol. The summed E-state index contributed by atoms with van der Waals surface area (Å²) in [5, 5.41) is 12.6. The maximum atomic E-state index is 9.15. The summed E-state index contributed by atoms with van der Waals surface area (Å²) in [6, 6.07) is 17.0. The van der Waals surface area contributed by atoms with Gasteiger partial charge in [0.25, 0.3) is 0 Å². The Bertz CT molecular complexity index is 661. The van der Waals surface area contributed by atoms with Crippen molar-refractivity contribution in [3.05, 3.63) is 64.7 Å². The number of nitrogens with zero attached hydrogens (tertiary/aromatic N) is 1. The zero-order valence-electron chi connectivity index (χ0n) is 13.2. The molecule has 0 aliphatic heterocycles. The van der Waals surface area contributed by atoms with E-state index in [9.17, 15) is 0 Å². The number of nitrogens with one attached hydrogen (secondary N) is 1. The third-order valence-electron chi connectivity index (χ3n) is 3.95. The highest BCUT2D eigenvalue weighted by atomic mass is 14.9. The molecular weight excluding hydrogens is 256 g/mol. The van der Waals surface area contributed by atoms with E-state index in [2.05, 4.69) is 43.4 Å². The summed E-state index contributed by atoms with van der Waals surface area (Å²) >= 11 is 0. The highest BCUT2D eigenvalue weighted by Crippen LogP contribution is 2.23. The maximum absolute atomic E-state index is 9.15. The van der Waals surface area contributed by atoms with Crippen LogP contribution in [0.15, 0.2) is 42.5 Å². The number of hydrogen-bond donors (Lipinski definition) is 1. The van der Waals surface area contributed by atoms with Gasteiger partial charge in [0.15, 0.2) is 0 Å². The third-order valence-corrected chi connectivity index (χ3v) is 3.95. The van der Waals surface area contributed by atoms with Gasteiger partial charge < -0.3 is 5.32 Å². The Morgan fingerprint density at radius 2 is 1.67 bits per heavy atom. The first kappa shape index (κ1) is 15.1. The van der Waals surface area contributed by atoms with Crippen LogP contribution in [0.1, 0.15) is 36.1 Å². The van der Waals surface area contributed by atoms with E-state index < -0.39 is 5.41 Å². The molecule has 0 aromatic heterocycles. The van der Waals surface area contributed by atoms with Crippen molar-refractivity contribution in [2.75, 3.05) is 5.32 Å². The average Bonchev–Trinajstić information content (AvgIpc) is 2.49. The third kappa shape index (κ3) is 3.64. The summed E-state index contributed by atoms with van der Waals surface area (Å²) in [7, 11) is 0. The molecule has 108 valence electrons. The van der Waals surface area contributed by atoms with E-state index >= 15 is 0 Å². The fraction of sp³-hybridized carbons (Fsp3) is 0.316. The van der Waals surface area contributed by atoms with Gasteiger partial charge in [0, 0.05) is 12.2 Å². The van der Waals surface area contributed by atoms with Crippen LogP contribution in [0.2, 0.25) is 0 Å². The number of nitriles is 1. The number of aryl methyl sites for hydroxylation is 2. The van der Waals surface area contributed by atoms with Gasteiger partial charge in [-0.25, -0.2) is 0 Å². The standard InChI is InChI=1S/C19H22N2/c1-14-5-6-16(11-15(14)2)12-21-18-9-7-17(8-10-18)19(3,4)13-20/h5-11,21H,12H2,1-4H3. The van der Waals surface area contributed by atoms with Gasteiger partial charge in [-0.3, -0.25) is 0 Å². The van der Waals surface area contributed by atoms with Crippen molar-refractivity contribution >= 4 is 5.69 Å². The largest absolute Gasteiger partial charge is 0.381 e. The summed E-state index contributed by atoms with van der Waals surface area (Å²) in [5.41, 5.74) is 5.60. The van der Waals surface area contributed by atoms with E-state index in [0.717, 1.165) is 17.8 Å². The summed E-state index contributed by atoms with van der Waals surface area (Å²) in [6.45, 7) is 8.94. The molecule has 21 heavy (non-hydrogen) atoms. The molecule has 0 aliphatic rings. The van der Waals surface area contributed by atoms with Crippen molar-refractivity contribution in [3.63, 3.8) is 0 Å². The lowest BCUT2D eigenvalue weighted by atomic mass is 9.86. The molecule has 2 heteroatoms. The molecular formula is C19H22N2. The van der Waals surface area contributed by atoms with Gasteiger partial charge in [-0.05, 0) is 62.1 Å². The van der Waals surface area contributed by atoms with Gasteiger partial charge in [0.05, 0.1) is 11.5 Å². The zero-order chi connectivity index (χ0) is 15.5. The van der Waals surface area contributed by atoms with Crippen molar-refractivity contribution in [1.82, 2.24) is 0 Å². The van der Waals surface area contributed by atoms with Crippen LogP contribution in [-0.2, 0) is 12.0 Å². The van der Waals surface area contributed by atoms with E-state index in [1.54, 1.807) is 0 Å². The minimum absolute atomic E-state index is 0.438. The number of hydrogen-bond acceptors (Lipinski definition) is 2. The van der Waals surface area contributed by atoms with Gasteiger partial charge >= 0.3 is 0 Å². The maximum Gasteiger partial charge on any atom is 0.0766 e. The Hall–Kier alpha value is -2.27. The SMILES string of the molecule is Cc1ccc(CNc2ccc(C(C)(C)C#N)cc2)cc1C. The Balaban J connectivity index is 2.04. The lowest BCUT2D eigenvalue weighted by molar-refractivity contribution is 0.687. The molecule has 0 heterocycles. The summed E-state index contributed by atoms with van der Waals surface area (Å²) in [6.07, 6.45) is 0. The highest BCUT2D eigenvalue weighted by molar-refractivity contribution is 5.47. The first-order valence-corrected chi connectivity index (χ1v) is 7.24. The smallest absolute Gasteiger partial charge is 0.0766 e. The molecule has 0 fully saturated rings. The second-order valence-corrected chi connectivity index (χ2v) is 6.09. The molecule has 2 nitrogen and oxygen atoms in total. The van der Waals surface area contributed by atoms with Crippen LogP contribution in [0.4, 0.5) is 5.69 Å². The predicted octanol–water partition coefficient (Wildman–Crippen LogP) is 4.72. The van der Waals surface area contributed by atoms with Crippen molar-refractivity contribution in [2.24, 2.45) is 0 Å². The van der Waals surface area contributed by atoms with Crippen LogP contribution >= 0.6 is 0 Å². The van der Waals surface area contributed by atoms with Crippen molar-refractivity contribution in [1.29, 1.82) is 5.26 Å². The molecule has 2 aromatic carbocycles. The molecule has 0 saturated heterocycles. The molecule has 0 spiro atoms. The topological polar surface area (TPSA) is 35.8 Å². The molecule has 2 rings (SSSR count). The molecule has 0 bridgehead atoms. The van der Waals surface area contributed by atoms with Crippen LogP contribution in [0.3, 0.4) is 0 Å². The van der Waals surface area contributed by atoms with Crippen LogP contribution in [0.25, 0.3) is 0 Å². The van der Waals surface area contributed by atoms with E-state index in [1.165, 1.54) is 16.7 Å². The molecule has 0 unspecified atom stereocenters. The van der Waals surface area contributed by atoms with Crippen molar-refractivity contribution < 1.29 is 0 Å². The van der Waals surface area contributed by atoms with Gasteiger partial charge in [0.2, 0.25) is 0 Å². The lowest BCUT2D eigenvalue weighted by Crippen LogP contribution is -2.13. The lowest BCUT2D eigenvalue weighted by Gasteiger charge is -2.16. The quantitative estimate of drug-likeness (QED) is 0.878. The molecule has 0 radical (unpaired) electrons. The summed E-state index contributed by atoms with van der Waals surface area (Å²) in [5.74, 6) is 0. The molecule has 0 saturated carbocycles. The van der Waals surface area contributed by atoms with Gasteiger partial charge in [0.1, 0.15) is 0 Å². The molecule has 1 N–H and O–H groups in total. The number of benzene rings is 2. The highest BCUT2D eigenvalue weighted by Gasteiger charge is 2.18. The first-order chi connectivity index (χ1) is 9.92. The van der Waals surface area contributed by atoms with E-state index in [1.807, 2.05) is 38.1 Å². The van der Waals surface area contributed by atoms with Crippen LogP contribution in [-0.4, -0.2) is 0 Å². The fourth-order valence-corrected chi connectivity index (χ4v) is 2.19. The van der Waals surface area contributed by atoms with Crippen LogP contribution in [0, 0.1) is 25.2 Å². The Morgan fingerprint density at radius 3 is 2.24 bits per heavy atom. The van der Waals surface area contributed by atoms with E-state index in [4.69, 9.17) is 5.26 Å². The normalized spacial score (nSPS) is 11.0. The summed E-state index contributed by atoms with van der Waals surface area (Å²) in [4.78, 5) is 0. The minimum Gasteiger partial charge on any atom is -0.381 e. The van der Waals surface area contributed by atoms with Crippen LogP contribution in [0.5, 0.6) is 0 Å². The Kier molecular flexibility index (Phi) is 4.33. The number of rotatable bonds is 4. The monoisotopic (exact) mass is 278 g/mol. The van der Waals surface area contributed by atoms with Gasteiger partial charge in [-0.1, -0.05) is 30.3 Å². The van der Waals surface area contributed by atoms with Crippen LogP contribution < -0.4 is 5.32 Å². The molecule has 0 amide bonds. The second-order valence-electron chi connectivity index (χ2n) is 6.09. The first-order valence-electron chi connectivity index (χ1n) is 7.24.